The molecule has 4 N–H and O–H groups in total. The molecule has 0 bridgehead atoms. The minimum absolute atomic E-state index is 0.0771. The molecule has 2 heterocycles. The van der Waals surface area contributed by atoms with Gasteiger partial charge in [-0.15, -0.1) is 0 Å². The zero-order valence-electron chi connectivity index (χ0n) is 16.0. The van der Waals surface area contributed by atoms with E-state index in [-0.39, 0.29) is 17.4 Å². The Hall–Kier alpha value is -2.09. The molecule has 1 amide bonds. The molecule has 146 valence electrons. The van der Waals surface area contributed by atoms with Crippen LogP contribution in [0, 0.1) is 0 Å². The average Bonchev–Trinajstić information content (AvgIpc) is 2.86. The van der Waals surface area contributed by atoms with Gasteiger partial charge in [-0.1, -0.05) is 13.3 Å². The number of hydrogen-bond acceptors (Lipinski definition) is 4. The van der Waals surface area contributed by atoms with E-state index >= 15 is 0 Å². The molecule has 0 aromatic carbocycles. The van der Waals surface area contributed by atoms with Gasteiger partial charge in [-0.25, -0.2) is 4.79 Å². The minimum Gasteiger partial charge on any atom is -0.383 e. The minimum atomic E-state index is -0.596. The van der Waals surface area contributed by atoms with Gasteiger partial charge in [-0.05, 0) is 39.0 Å². The van der Waals surface area contributed by atoms with Crippen LogP contribution in [0.5, 0.6) is 0 Å². The molecule has 0 aliphatic carbocycles. The highest BCUT2D eigenvalue weighted by Gasteiger charge is 2.26. The quantitative estimate of drug-likeness (QED) is 0.618. The van der Waals surface area contributed by atoms with Crippen molar-refractivity contribution in [2.75, 3.05) is 36.8 Å². The number of nitrogens with zero attached hydrogens (tertiary/aromatic N) is 2. The molecule has 1 fully saturated rings. The number of nitrogen functional groups attached to an aromatic ring is 1. The number of hydrogen-bond donors (Lipinski definition) is 3. The van der Waals surface area contributed by atoms with Crippen LogP contribution in [0.2, 0.25) is 0 Å². The molecule has 8 heteroatoms. The first kappa shape index (κ1) is 20.2. The first-order valence-electron chi connectivity index (χ1n) is 9.76. The van der Waals surface area contributed by atoms with E-state index < -0.39 is 11.2 Å². The van der Waals surface area contributed by atoms with Crippen molar-refractivity contribution < 1.29 is 9.69 Å². The average molecular weight is 366 g/mol. The second-order valence-electron chi connectivity index (χ2n) is 6.98. The summed E-state index contributed by atoms with van der Waals surface area (Å²) in [5, 5.41) is 0. The Morgan fingerprint density at radius 3 is 2.42 bits per heavy atom. The summed E-state index contributed by atoms with van der Waals surface area (Å²) in [6.07, 6.45) is 6.34. The molecular weight excluding hydrogens is 334 g/mol. The number of aromatic nitrogens is 2. The van der Waals surface area contributed by atoms with Crippen molar-refractivity contribution in [1.82, 2.24) is 9.55 Å². The normalized spacial score (nSPS) is 15.6. The number of quaternary nitrogens is 1. The highest BCUT2D eigenvalue weighted by Crippen LogP contribution is 2.16. The molecule has 1 aliphatic rings. The number of likely N-dealkylation sites (tertiary alicyclic amines) is 1. The largest absolute Gasteiger partial charge is 0.383 e. The number of H-pyrrole nitrogens is 1. The van der Waals surface area contributed by atoms with Gasteiger partial charge in [0.25, 0.3) is 11.5 Å². The van der Waals surface area contributed by atoms with Crippen LogP contribution in [0.15, 0.2) is 9.59 Å². The van der Waals surface area contributed by atoms with E-state index in [2.05, 4.69) is 4.98 Å². The van der Waals surface area contributed by atoms with Crippen molar-refractivity contribution in [3.05, 3.63) is 20.8 Å². The van der Waals surface area contributed by atoms with Crippen LogP contribution in [0.25, 0.3) is 0 Å². The van der Waals surface area contributed by atoms with Crippen molar-refractivity contribution in [3.63, 3.8) is 0 Å². The Balaban J connectivity index is 2.29. The van der Waals surface area contributed by atoms with Gasteiger partial charge in [0.1, 0.15) is 5.82 Å². The zero-order valence-corrected chi connectivity index (χ0v) is 16.0. The Labute approximate surface area is 154 Å². The molecule has 0 unspecified atom stereocenters. The van der Waals surface area contributed by atoms with E-state index in [0.29, 0.717) is 19.6 Å². The fourth-order valence-corrected chi connectivity index (χ4v) is 3.55. The summed E-state index contributed by atoms with van der Waals surface area (Å²) < 4.78 is 1.36. The Morgan fingerprint density at radius 2 is 1.85 bits per heavy atom. The zero-order chi connectivity index (χ0) is 19.1. The Bertz CT molecular complexity index is 717. The second-order valence-corrected chi connectivity index (χ2v) is 6.98. The number of aromatic amines is 1. The summed E-state index contributed by atoms with van der Waals surface area (Å²) in [7, 11) is 0. The van der Waals surface area contributed by atoms with Crippen molar-refractivity contribution >= 4 is 17.4 Å². The third-order valence-electron chi connectivity index (χ3n) is 5.05. The molecule has 1 aliphatic heterocycles. The molecule has 0 spiro atoms. The van der Waals surface area contributed by atoms with Crippen molar-refractivity contribution in [2.24, 2.45) is 0 Å². The summed E-state index contributed by atoms with van der Waals surface area (Å²) in [6.45, 7) is 6.90. The smallest absolute Gasteiger partial charge is 0.330 e. The number of carbonyl (C=O) groups is 1. The molecule has 0 radical (unpaired) electrons. The SMILES string of the molecule is CCCCn1c(N)c(N(CC)C(=O)C[NH+]2CCCCCC2)c(=O)[nH]c1=O. The van der Waals surface area contributed by atoms with Crippen LogP contribution in [0.3, 0.4) is 0 Å². The predicted octanol–water partition coefficient (Wildman–Crippen LogP) is -0.269. The molecule has 1 aromatic rings. The number of nitrogens with two attached hydrogens (primary N) is 1. The topological polar surface area (TPSA) is 106 Å². The van der Waals surface area contributed by atoms with Crippen LogP contribution in [0.1, 0.15) is 52.4 Å². The van der Waals surface area contributed by atoms with Crippen LogP contribution in [-0.4, -0.2) is 41.6 Å². The second kappa shape index (κ2) is 9.56. The maximum Gasteiger partial charge on any atom is 0.330 e. The molecule has 0 atom stereocenters. The highest BCUT2D eigenvalue weighted by atomic mass is 16.2. The number of carbonyl (C=O) groups excluding carboxylic acids is 1. The van der Waals surface area contributed by atoms with E-state index in [9.17, 15) is 14.4 Å². The molecule has 26 heavy (non-hydrogen) atoms. The number of rotatable bonds is 7. The summed E-state index contributed by atoms with van der Waals surface area (Å²) in [6, 6.07) is 0. The standard InChI is InChI=1S/C18H31N5O3/c1-3-5-12-23-16(19)15(17(25)20-18(23)26)22(4-2)14(24)13-21-10-8-6-7-9-11-21/h3-13,19H2,1-2H3,(H,20,25,26)/p+1. The third kappa shape index (κ3) is 4.75. The van der Waals surface area contributed by atoms with E-state index in [1.807, 2.05) is 13.8 Å². The van der Waals surface area contributed by atoms with Gasteiger partial charge in [0.15, 0.2) is 12.2 Å². The molecule has 1 aromatic heterocycles. The summed E-state index contributed by atoms with van der Waals surface area (Å²) in [4.78, 5) is 42.3. The van der Waals surface area contributed by atoms with Crippen LogP contribution >= 0.6 is 0 Å². The molecule has 0 saturated carbocycles. The summed E-state index contributed by atoms with van der Waals surface area (Å²) in [5.41, 5.74) is 5.12. The first-order valence-corrected chi connectivity index (χ1v) is 9.76. The lowest BCUT2D eigenvalue weighted by Gasteiger charge is -2.25. The predicted molar refractivity (Wildman–Crippen MR) is 103 cm³/mol. The maximum absolute atomic E-state index is 12.9. The number of anilines is 2. The van der Waals surface area contributed by atoms with Crippen LogP contribution < -0.4 is 26.8 Å². The fraction of sp³-hybridized carbons (Fsp3) is 0.722. The maximum atomic E-state index is 12.9. The molecular formula is C18H32N5O3+. The van der Waals surface area contributed by atoms with E-state index in [0.717, 1.165) is 38.8 Å². The number of nitrogens with one attached hydrogen (secondary N) is 2. The number of unbranched alkanes of at least 4 members (excludes halogenated alkanes) is 1. The van der Waals surface area contributed by atoms with Gasteiger partial charge in [-0.2, -0.15) is 0 Å². The van der Waals surface area contributed by atoms with Gasteiger partial charge in [0, 0.05) is 13.1 Å². The molecule has 2 rings (SSSR count). The van der Waals surface area contributed by atoms with Gasteiger partial charge in [-0.3, -0.25) is 24.0 Å². The Kier molecular flexibility index (Phi) is 7.44. The van der Waals surface area contributed by atoms with E-state index in [1.54, 1.807) is 0 Å². The number of amides is 1. The lowest BCUT2D eigenvalue weighted by Crippen LogP contribution is -3.13. The van der Waals surface area contributed by atoms with Crippen LogP contribution in [0.4, 0.5) is 11.5 Å². The lowest BCUT2D eigenvalue weighted by atomic mass is 10.2. The van der Waals surface area contributed by atoms with Gasteiger partial charge in [0.2, 0.25) is 0 Å². The van der Waals surface area contributed by atoms with Crippen LogP contribution in [-0.2, 0) is 11.3 Å². The molecule has 8 nitrogen and oxygen atoms in total. The fourth-order valence-electron chi connectivity index (χ4n) is 3.55. The van der Waals surface area contributed by atoms with Gasteiger partial charge < -0.3 is 10.6 Å². The van der Waals surface area contributed by atoms with E-state index in [1.165, 1.54) is 27.2 Å². The lowest BCUT2D eigenvalue weighted by molar-refractivity contribution is -0.891. The van der Waals surface area contributed by atoms with Gasteiger partial charge >= 0.3 is 5.69 Å². The van der Waals surface area contributed by atoms with E-state index in [4.69, 9.17) is 5.73 Å². The van der Waals surface area contributed by atoms with Crippen molar-refractivity contribution in [1.29, 1.82) is 0 Å². The monoisotopic (exact) mass is 366 g/mol. The highest BCUT2D eigenvalue weighted by molar-refractivity contribution is 5.96. The Morgan fingerprint density at radius 1 is 1.19 bits per heavy atom. The number of likely N-dealkylation sites (N-methyl/N-ethyl adjacent to an activating group) is 1. The molecule has 1 saturated heterocycles. The van der Waals surface area contributed by atoms with Crippen molar-refractivity contribution in [3.8, 4) is 0 Å². The third-order valence-corrected chi connectivity index (χ3v) is 5.05. The summed E-state index contributed by atoms with van der Waals surface area (Å²) in [5.74, 6) is -0.0458. The summed E-state index contributed by atoms with van der Waals surface area (Å²) >= 11 is 0. The van der Waals surface area contributed by atoms with Crippen molar-refractivity contribution in [2.45, 2.75) is 58.9 Å². The van der Waals surface area contributed by atoms with Gasteiger partial charge in [0.05, 0.1) is 13.1 Å². The first-order chi connectivity index (χ1) is 12.5.